The Labute approximate surface area is 179 Å². The summed E-state index contributed by atoms with van der Waals surface area (Å²) >= 11 is 0. The van der Waals surface area contributed by atoms with Crippen LogP contribution in [-0.4, -0.2) is 76.2 Å². The molecule has 1 spiro atoms. The first-order valence-corrected chi connectivity index (χ1v) is 11.5. The minimum Gasteiger partial charge on any atom is -0.342 e. The molecule has 0 atom stereocenters. The van der Waals surface area contributed by atoms with Gasteiger partial charge in [0, 0.05) is 44.1 Å². The molecule has 3 fully saturated rings. The monoisotopic (exact) mass is 420 g/mol. The molecule has 0 aromatic carbocycles. The Hall–Kier alpha value is -2.12. The van der Waals surface area contributed by atoms with Crippen LogP contribution < -0.4 is 5.32 Å². The zero-order valence-electron chi connectivity index (χ0n) is 18.8. The van der Waals surface area contributed by atoms with Gasteiger partial charge in [-0.25, -0.2) is 4.79 Å². The number of hydrogen-bond acceptors (Lipinski definition) is 4. The second-order valence-electron chi connectivity index (χ2n) is 9.24. The fraction of sp³-hybridized carbons (Fsp3) is 0.818. The number of urea groups is 1. The second-order valence-corrected chi connectivity index (χ2v) is 9.24. The van der Waals surface area contributed by atoms with Gasteiger partial charge in [-0.05, 0) is 38.5 Å². The largest absolute Gasteiger partial charge is 0.342 e. The van der Waals surface area contributed by atoms with Crippen LogP contribution in [0.3, 0.4) is 0 Å². The predicted molar refractivity (Wildman–Crippen MR) is 112 cm³/mol. The van der Waals surface area contributed by atoms with Gasteiger partial charge in [-0.2, -0.15) is 0 Å². The molecule has 0 aromatic rings. The quantitative estimate of drug-likeness (QED) is 0.689. The lowest BCUT2D eigenvalue weighted by Gasteiger charge is -2.39. The number of carbonyl (C=O) groups is 4. The van der Waals surface area contributed by atoms with Gasteiger partial charge in [0.15, 0.2) is 0 Å². The summed E-state index contributed by atoms with van der Waals surface area (Å²) in [5, 5.41) is 2.94. The van der Waals surface area contributed by atoms with Gasteiger partial charge >= 0.3 is 6.03 Å². The molecule has 3 rings (SSSR count). The molecule has 1 N–H and O–H groups in total. The fourth-order valence-electron chi connectivity index (χ4n) is 5.03. The topological polar surface area (TPSA) is 90.0 Å². The van der Waals surface area contributed by atoms with E-state index in [1.807, 2.05) is 32.6 Å². The van der Waals surface area contributed by atoms with Crippen molar-refractivity contribution in [1.82, 2.24) is 20.0 Å². The van der Waals surface area contributed by atoms with Crippen molar-refractivity contribution in [2.45, 2.75) is 77.8 Å². The van der Waals surface area contributed by atoms with Crippen LogP contribution in [-0.2, 0) is 14.4 Å². The van der Waals surface area contributed by atoms with Crippen LogP contribution >= 0.6 is 0 Å². The minimum absolute atomic E-state index is 0.0558. The highest BCUT2D eigenvalue weighted by Crippen LogP contribution is 2.33. The summed E-state index contributed by atoms with van der Waals surface area (Å²) in [6.45, 7) is 9.95. The zero-order chi connectivity index (χ0) is 22.1. The molecule has 0 unspecified atom stereocenters. The first kappa shape index (κ1) is 22.6. The zero-order valence-corrected chi connectivity index (χ0v) is 18.8. The number of likely N-dealkylation sites (tertiary alicyclic amines) is 2. The Kier molecular flexibility index (Phi) is 6.72. The van der Waals surface area contributed by atoms with Crippen molar-refractivity contribution < 1.29 is 19.2 Å². The molecule has 168 valence electrons. The molecule has 0 aliphatic carbocycles. The molecule has 3 aliphatic rings. The Morgan fingerprint density at radius 3 is 2.00 bits per heavy atom. The summed E-state index contributed by atoms with van der Waals surface area (Å²) < 4.78 is 0. The third-order valence-corrected chi connectivity index (χ3v) is 7.09. The first-order valence-electron chi connectivity index (χ1n) is 11.5. The Morgan fingerprint density at radius 1 is 0.967 bits per heavy atom. The average Bonchev–Trinajstić information content (AvgIpc) is 2.98. The number of amides is 5. The molecular formula is C22H36N4O4. The summed E-state index contributed by atoms with van der Waals surface area (Å²) in [6.07, 6.45) is 3.83. The molecule has 3 aliphatic heterocycles. The molecule has 8 heteroatoms. The lowest BCUT2D eigenvalue weighted by molar-refractivity contribution is -0.142. The van der Waals surface area contributed by atoms with Crippen LogP contribution in [0, 0.1) is 11.8 Å². The van der Waals surface area contributed by atoms with Crippen LogP contribution in [0.4, 0.5) is 4.79 Å². The van der Waals surface area contributed by atoms with E-state index in [4.69, 9.17) is 0 Å². The summed E-state index contributed by atoms with van der Waals surface area (Å²) in [5.74, 6) is 0.105. The summed E-state index contributed by atoms with van der Waals surface area (Å²) in [7, 11) is 0. The highest BCUT2D eigenvalue weighted by Gasteiger charge is 2.54. The maximum absolute atomic E-state index is 13.3. The lowest BCUT2D eigenvalue weighted by atomic mass is 9.86. The average molecular weight is 421 g/mol. The number of hydrogen-bond donors (Lipinski definition) is 1. The van der Waals surface area contributed by atoms with Gasteiger partial charge in [-0.1, -0.05) is 27.7 Å². The van der Waals surface area contributed by atoms with E-state index in [9.17, 15) is 19.2 Å². The van der Waals surface area contributed by atoms with E-state index in [0.29, 0.717) is 51.9 Å². The summed E-state index contributed by atoms with van der Waals surface area (Å²) in [5.41, 5.74) is -0.882. The fourth-order valence-corrected chi connectivity index (χ4v) is 5.03. The molecule has 0 aromatic heterocycles. The number of nitrogens with zero attached hydrogens (tertiary/aromatic N) is 3. The van der Waals surface area contributed by atoms with Crippen molar-refractivity contribution in [3.8, 4) is 0 Å². The van der Waals surface area contributed by atoms with Crippen LogP contribution in [0.15, 0.2) is 0 Å². The van der Waals surface area contributed by atoms with Crippen LogP contribution in [0.5, 0.6) is 0 Å². The van der Waals surface area contributed by atoms with E-state index in [0.717, 1.165) is 12.8 Å². The molecule has 0 saturated carbocycles. The Morgan fingerprint density at radius 2 is 1.50 bits per heavy atom. The number of piperidine rings is 2. The first-order chi connectivity index (χ1) is 14.2. The van der Waals surface area contributed by atoms with E-state index in [2.05, 4.69) is 5.32 Å². The highest BCUT2D eigenvalue weighted by atomic mass is 16.2. The number of carbonyl (C=O) groups excluding carboxylic acids is 4. The maximum Gasteiger partial charge on any atom is 0.325 e. The molecule has 0 bridgehead atoms. The molecule has 8 nitrogen and oxygen atoms in total. The highest BCUT2D eigenvalue weighted by molar-refractivity contribution is 6.07. The van der Waals surface area contributed by atoms with Gasteiger partial charge < -0.3 is 15.1 Å². The van der Waals surface area contributed by atoms with Crippen molar-refractivity contribution in [1.29, 1.82) is 0 Å². The lowest BCUT2D eigenvalue weighted by Crippen LogP contribution is -2.57. The maximum atomic E-state index is 13.3. The van der Waals surface area contributed by atoms with Crippen molar-refractivity contribution in [2.24, 2.45) is 11.8 Å². The van der Waals surface area contributed by atoms with E-state index < -0.39 is 5.54 Å². The van der Waals surface area contributed by atoms with Crippen LogP contribution in [0.1, 0.15) is 66.2 Å². The van der Waals surface area contributed by atoms with Gasteiger partial charge in [-0.3, -0.25) is 19.3 Å². The third-order valence-electron chi connectivity index (χ3n) is 7.09. The van der Waals surface area contributed by atoms with E-state index in [1.165, 1.54) is 4.90 Å². The van der Waals surface area contributed by atoms with Crippen LogP contribution in [0.2, 0.25) is 0 Å². The smallest absolute Gasteiger partial charge is 0.325 e. The minimum atomic E-state index is -0.882. The van der Waals surface area contributed by atoms with Crippen molar-refractivity contribution in [3.63, 3.8) is 0 Å². The summed E-state index contributed by atoms with van der Waals surface area (Å²) in [4.78, 5) is 56.0. The molecule has 3 heterocycles. The van der Waals surface area contributed by atoms with Crippen LogP contribution in [0.25, 0.3) is 0 Å². The number of nitrogens with one attached hydrogen (secondary N) is 1. The molecule has 30 heavy (non-hydrogen) atoms. The van der Waals surface area contributed by atoms with Gasteiger partial charge in [0.05, 0.1) is 0 Å². The number of imide groups is 1. The van der Waals surface area contributed by atoms with E-state index in [1.54, 1.807) is 4.90 Å². The molecule has 5 amide bonds. The van der Waals surface area contributed by atoms with Gasteiger partial charge in [0.25, 0.3) is 5.91 Å². The second kappa shape index (κ2) is 8.94. The molecule has 3 saturated heterocycles. The SMILES string of the molecule is CCC(CC)C(=O)N1CCC(N2C(=O)NC3(CCN(C(=O)C(C)C)CC3)C2=O)CC1. The van der Waals surface area contributed by atoms with Gasteiger partial charge in [0.1, 0.15) is 5.54 Å². The number of rotatable bonds is 5. The standard InChI is InChI=1S/C22H36N4O4/c1-5-16(6-2)19(28)24-11-7-17(8-12-24)26-20(29)22(23-21(26)30)9-13-25(14-10-22)18(27)15(3)4/h15-17H,5-14H2,1-4H3,(H,23,30). The van der Waals surface area contributed by atoms with Crippen molar-refractivity contribution in [2.75, 3.05) is 26.2 Å². The van der Waals surface area contributed by atoms with Crippen molar-refractivity contribution in [3.05, 3.63) is 0 Å². The molecular weight excluding hydrogens is 384 g/mol. The van der Waals surface area contributed by atoms with E-state index in [-0.39, 0.29) is 41.6 Å². The van der Waals surface area contributed by atoms with E-state index >= 15 is 0 Å². The predicted octanol–water partition coefficient (Wildman–Crippen LogP) is 1.98. The third kappa shape index (κ3) is 4.05. The normalized spacial score (nSPS) is 22.4. The molecule has 0 radical (unpaired) electrons. The van der Waals surface area contributed by atoms with Gasteiger partial charge in [0.2, 0.25) is 11.8 Å². The summed E-state index contributed by atoms with van der Waals surface area (Å²) in [6, 6.07) is -0.494. The Bertz CT molecular complexity index is 687. The van der Waals surface area contributed by atoms with Crippen molar-refractivity contribution >= 4 is 23.8 Å². The van der Waals surface area contributed by atoms with Gasteiger partial charge in [-0.15, -0.1) is 0 Å². The Balaban J connectivity index is 1.60.